The van der Waals surface area contributed by atoms with E-state index < -0.39 is 0 Å². The molecule has 0 unspecified atom stereocenters. The lowest BCUT2D eigenvalue weighted by Crippen LogP contribution is -2.32. The number of amides is 1. The van der Waals surface area contributed by atoms with Crippen LogP contribution in [-0.4, -0.2) is 35.4 Å². The van der Waals surface area contributed by atoms with E-state index in [1.807, 2.05) is 22.9 Å². The fraction of sp³-hybridized carbons (Fsp3) is 0.350. The minimum atomic E-state index is -0.0473. The molecule has 0 bridgehead atoms. The van der Waals surface area contributed by atoms with Gasteiger partial charge < -0.3 is 15.2 Å². The van der Waals surface area contributed by atoms with Gasteiger partial charge in [-0.15, -0.1) is 0 Å². The van der Waals surface area contributed by atoms with Gasteiger partial charge in [0.05, 0.1) is 5.56 Å². The Bertz CT molecular complexity index is 860. The third-order valence-corrected chi connectivity index (χ3v) is 5.91. The van der Waals surface area contributed by atoms with Gasteiger partial charge in [0.25, 0.3) is 5.91 Å². The summed E-state index contributed by atoms with van der Waals surface area (Å²) in [5.41, 5.74) is 4.10. The summed E-state index contributed by atoms with van der Waals surface area (Å²) in [5, 5.41) is 8.05. The number of rotatable bonds is 4. The third-order valence-electron chi connectivity index (χ3n) is 5.23. The van der Waals surface area contributed by atoms with Gasteiger partial charge in [-0.3, -0.25) is 4.79 Å². The first-order chi connectivity index (χ1) is 12.2. The number of nitrogens with one attached hydrogen (secondary N) is 2. The van der Waals surface area contributed by atoms with E-state index in [-0.39, 0.29) is 5.91 Å². The van der Waals surface area contributed by atoms with Crippen LogP contribution in [0.15, 0.2) is 41.2 Å². The predicted octanol–water partition coefficient (Wildman–Crippen LogP) is 4.68. The first kappa shape index (κ1) is 16.4. The van der Waals surface area contributed by atoms with E-state index in [1.54, 1.807) is 0 Å². The van der Waals surface area contributed by atoms with Gasteiger partial charge in [0.1, 0.15) is 0 Å². The molecule has 0 radical (unpaired) electrons. The van der Waals surface area contributed by atoms with E-state index in [9.17, 15) is 4.79 Å². The van der Waals surface area contributed by atoms with Crippen LogP contribution in [0.1, 0.15) is 41.6 Å². The van der Waals surface area contributed by atoms with E-state index in [4.69, 9.17) is 0 Å². The molecule has 1 amide bonds. The Hall–Kier alpha value is -2.11. The molecule has 5 heteroatoms. The molecule has 1 aromatic carbocycles. The van der Waals surface area contributed by atoms with E-state index in [0.717, 1.165) is 17.7 Å². The van der Waals surface area contributed by atoms with Crippen molar-refractivity contribution >= 4 is 33.8 Å². The molecule has 1 aliphatic heterocycles. The number of likely N-dealkylation sites (tertiary alicyclic amines) is 1. The molecule has 0 spiro atoms. The number of nitrogens with zero attached hydrogens (tertiary/aromatic N) is 1. The molecule has 0 saturated carbocycles. The molecular weight excluding hydrogens is 330 g/mol. The smallest absolute Gasteiger partial charge is 0.256 e. The number of hydrogen-bond acceptors (Lipinski definition) is 3. The number of H-pyrrole nitrogens is 1. The van der Waals surface area contributed by atoms with Crippen molar-refractivity contribution in [1.29, 1.82) is 0 Å². The van der Waals surface area contributed by atoms with Crippen molar-refractivity contribution in [2.45, 2.75) is 25.7 Å². The van der Waals surface area contributed by atoms with E-state index >= 15 is 0 Å². The summed E-state index contributed by atoms with van der Waals surface area (Å²) in [6.45, 7) is 5.71. The fourth-order valence-corrected chi connectivity index (χ4v) is 4.35. The number of fused-ring (bicyclic) bond motifs is 1. The van der Waals surface area contributed by atoms with Gasteiger partial charge in [0.15, 0.2) is 0 Å². The van der Waals surface area contributed by atoms with Gasteiger partial charge >= 0.3 is 0 Å². The number of carbonyl (C=O) groups excluding carboxylic acids is 1. The van der Waals surface area contributed by atoms with Gasteiger partial charge in [0.2, 0.25) is 0 Å². The monoisotopic (exact) mass is 353 g/mol. The average molecular weight is 353 g/mol. The number of hydrogen-bond donors (Lipinski definition) is 2. The summed E-state index contributed by atoms with van der Waals surface area (Å²) >= 11 is 1.54. The Morgan fingerprint density at radius 3 is 2.88 bits per heavy atom. The van der Waals surface area contributed by atoms with Crippen LogP contribution in [-0.2, 0) is 0 Å². The van der Waals surface area contributed by atoms with E-state index in [2.05, 4.69) is 40.5 Å². The molecule has 1 fully saturated rings. The molecule has 2 aromatic heterocycles. The second-order valence-corrected chi connectivity index (χ2v) is 7.46. The van der Waals surface area contributed by atoms with Crippen LogP contribution in [0.5, 0.6) is 0 Å². The van der Waals surface area contributed by atoms with Crippen molar-refractivity contribution in [3.8, 4) is 0 Å². The zero-order chi connectivity index (χ0) is 17.2. The van der Waals surface area contributed by atoms with Crippen molar-refractivity contribution < 1.29 is 4.79 Å². The van der Waals surface area contributed by atoms with Gasteiger partial charge in [0, 0.05) is 28.2 Å². The molecule has 4 rings (SSSR count). The van der Waals surface area contributed by atoms with Gasteiger partial charge in [-0.1, -0.05) is 6.92 Å². The second-order valence-electron chi connectivity index (χ2n) is 6.68. The van der Waals surface area contributed by atoms with Crippen LogP contribution in [0.4, 0.5) is 5.69 Å². The lowest BCUT2D eigenvalue weighted by molar-refractivity contribution is 0.102. The van der Waals surface area contributed by atoms with Gasteiger partial charge in [-0.25, -0.2) is 0 Å². The predicted molar refractivity (Wildman–Crippen MR) is 105 cm³/mol. The van der Waals surface area contributed by atoms with Crippen LogP contribution < -0.4 is 5.32 Å². The summed E-state index contributed by atoms with van der Waals surface area (Å²) in [6.07, 6.45) is 4.56. The number of anilines is 1. The first-order valence-electron chi connectivity index (χ1n) is 8.91. The SMILES string of the molecule is CCN1CCC(c2c[nH]c3ccc(NC(=O)c4ccsc4)cc23)CC1. The first-order valence-corrected chi connectivity index (χ1v) is 9.86. The molecule has 130 valence electrons. The van der Waals surface area contributed by atoms with Crippen LogP contribution >= 0.6 is 11.3 Å². The summed E-state index contributed by atoms with van der Waals surface area (Å²) in [7, 11) is 0. The maximum Gasteiger partial charge on any atom is 0.256 e. The quantitative estimate of drug-likeness (QED) is 0.715. The Balaban J connectivity index is 1.56. The minimum Gasteiger partial charge on any atom is -0.361 e. The van der Waals surface area contributed by atoms with Gasteiger partial charge in [-0.05, 0) is 73.6 Å². The fourth-order valence-electron chi connectivity index (χ4n) is 3.71. The van der Waals surface area contributed by atoms with Crippen LogP contribution in [0.25, 0.3) is 10.9 Å². The Kier molecular flexibility index (Phi) is 4.59. The highest BCUT2D eigenvalue weighted by Crippen LogP contribution is 2.34. The molecule has 3 heterocycles. The van der Waals surface area contributed by atoms with Crippen molar-refractivity contribution in [3.05, 3.63) is 52.3 Å². The molecule has 3 aromatic rings. The number of aromatic amines is 1. The molecule has 25 heavy (non-hydrogen) atoms. The molecular formula is C20H23N3OS. The second kappa shape index (κ2) is 7.02. The van der Waals surface area contributed by atoms with Crippen molar-refractivity contribution in [2.24, 2.45) is 0 Å². The summed E-state index contributed by atoms with van der Waals surface area (Å²) in [6, 6.07) is 7.98. The van der Waals surface area contributed by atoms with Crippen LogP contribution in [0.2, 0.25) is 0 Å². The lowest BCUT2D eigenvalue weighted by atomic mass is 9.89. The number of benzene rings is 1. The Labute approximate surface area is 151 Å². The average Bonchev–Trinajstić information content (AvgIpc) is 3.31. The number of thiophene rings is 1. The normalized spacial score (nSPS) is 16.4. The van der Waals surface area contributed by atoms with E-state index in [1.165, 1.54) is 48.2 Å². The van der Waals surface area contributed by atoms with Crippen LogP contribution in [0.3, 0.4) is 0 Å². The third kappa shape index (κ3) is 3.34. The molecule has 2 N–H and O–H groups in total. The number of aromatic nitrogens is 1. The van der Waals surface area contributed by atoms with Gasteiger partial charge in [-0.2, -0.15) is 11.3 Å². The van der Waals surface area contributed by atoms with Crippen molar-refractivity contribution in [3.63, 3.8) is 0 Å². The topological polar surface area (TPSA) is 48.1 Å². The van der Waals surface area contributed by atoms with Crippen LogP contribution in [0, 0.1) is 0 Å². The molecule has 0 aliphatic carbocycles. The van der Waals surface area contributed by atoms with Crippen molar-refractivity contribution in [2.75, 3.05) is 25.0 Å². The number of piperidine rings is 1. The summed E-state index contributed by atoms with van der Waals surface area (Å²) in [5.74, 6) is 0.549. The standard InChI is InChI=1S/C20H23N3OS/c1-2-23-8-5-14(6-9-23)18-12-21-19-4-3-16(11-17(18)19)22-20(24)15-7-10-25-13-15/h3-4,7,10-14,21H,2,5-6,8-9H2,1H3,(H,22,24). The molecule has 4 nitrogen and oxygen atoms in total. The van der Waals surface area contributed by atoms with E-state index in [0.29, 0.717) is 11.5 Å². The highest BCUT2D eigenvalue weighted by Gasteiger charge is 2.22. The maximum absolute atomic E-state index is 12.3. The maximum atomic E-state index is 12.3. The lowest BCUT2D eigenvalue weighted by Gasteiger charge is -2.30. The minimum absolute atomic E-state index is 0.0473. The Morgan fingerprint density at radius 1 is 1.32 bits per heavy atom. The number of carbonyl (C=O) groups is 1. The van der Waals surface area contributed by atoms with Crippen molar-refractivity contribution in [1.82, 2.24) is 9.88 Å². The molecule has 1 aliphatic rings. The summed E-state index contributed by atoms with van der Waals surface area (Å²) in [4.78, 5) is 18.2. The zero-order valence-electron chi connectivity index (χ0n) is 14.4. The Morgan fingerprint density at radius 2 is 2.16 bits per heavy atom. The highest BCUT2D eigenvalue weighted by atomic mass is 32.1. The zero-order valence-corrected chi connectivity index (χ0v) is 15.2. The largest absolute Gasteiger partial charge is 0.361 e. The highest BCUT2D eigenvalue weighted by molar-refractivity contribution is 7.08. The molecule has 0 atom stereocenters. The summed E-state index contributed by atoms with van der Waals surface area (Å²) < 4.78 is 0. The molecule has 1 saturated heterocycles.